The molecule has 0 aliphatic carbocycles. The van der Waals surface area contributed by atoms with Crippen molar-refractivity contribution in [3.63, 3.8) is 0 Å². The molecule has 0 aromatic heterocycles. The van der Waals surface area contributed by atoms with Gasteiger partial charge in [-0.25, -0.2) is 4.57 Å². The van der Waals surface area contributed by atoms with E-state index in [1.54, 1.807) is 0 Å². The first-order valence-electron chi connectivity index (χ1n) is 44.9. The SMILES string of the molecule is CCCCCCCCCCC=CCCCCCCCCCCCCCCCCCCCCCCCCCCCCCC(=O)OC(COC(=O)CCCCCCCCCCCCCCCCCCCCCCCCCCCCCCCCCCCCCC)COP(=O)(O)OCC[N+](C)(C)C. The fourth-order valence-electron chi connectivity index (χ4n) is 14.2. The van der Waals surface area contributed by atoms with Gasteiger partial charge in [0.05, 0.1) is 27.7 Å². The Bertz CT molecular complexity index is 1670. The zero-order valence-electron chi connectivity index (χ0n) is 67.8. The molecule has 99 heavy (non-hydrogen) atoms. The summed E-state index contributed by atoms with van der Waals surface area (Å²) in [5, 5.41) is 0. The highest BCUT2D eigenvalue weighted by molar-refractivity contribution is 7.47. The lowest BCUT2D eigenvalue weighted by molar-refractivity contribution is -0.870. The molecule has 0 aromatic rings. The van der Waals surface area contributed by atoms with E-state index in [9.17, 15) is 19.0 Å². The number of unbranched alkanes of at least 4 members (excludes halogenated alkanes) is 70. The number of esters is 2. The van der Waals surface area contributed by atoms with Crippen molar-refractivity contribution in [2.24, 2.45) is 0 Å². The summed E-state index contributed by atoms with van der Waals surface area (Å²) >= 11 is 0. The average Bonchev–Trinajstić information content (AvgIpc) is 0.989. The van der Waals surface area contributed by atoms with Crippen LogP contribution in [-0.2, 0) is 32.7 Å². The maximum atomic E-state index is 12.9. The van der Waals surface area contributed by atoms with Gasteiger partial charge in [-0.2, -0.15) is 0 Å². The number of nitrogens with zero attached hydrogens (tertiary/aromatic N) is 1. The first-order valence-corrected chi connectivity index (χ1v) is 46.4. The van der Waals surface area contributed by atoms with E-state index >= 15 is 0 Å². The summed E-state index contributed by atoms with van der Waals surface area (Å²) in [5.41, 5.74) is 0. The van der Waals surface area contributed by atoms with Gasteiger partial charge in [-0.3, -0.25) is 18.6 Å². The Balaban J connectivity index is 3.82. The van der Waals surface area contributed by atoms with E-state index in [-0.39, 0.29) is 25.6 Å². The van der Waals surface area contributed by atoms with Gasteiger partial charge in [0, 0.05) is 12.8 Å². The number of allylic oxidation sites excluding steroid dienone is 2. The van der Waals surface area contributed by atoms with Gasteiger partial charge in [0.25, 0.3) is 0 Å². The molecule has 0 saturated carbocycles. The zero-order chi connectivity index (χ0) is 71.8. The Kier molecular flexibility index (Phi) is 79.8. The fourth-order valence-corrected chi connectivity index (χ4v) is 14.9. The van der Waals surface area contributed by atoms with Gasteiger partial charge in [0.15, 0.2) is 6.10 Å². The number of carbonyl (C=O) groups excluding carboxylic acids is 2. The zero-order valence-corrected chi connectivity index (χ0v) is 68.7. The van der Waals surface area contributed by atoms with Crippen molar-refractivity contribution < 1.29 is 42.1 Å². The van der Waals surface area contributed by atoms with Crippen LogP contribution < -0.4 is 0 Å². The van der Waals surface area contributed by atoms with Crippen LogP contribution in [0.2, 0.25) is 0 Å². The van der Waals surface area contributed by atoms with E-state index in [4.69, 9.17) is 18.5 Å². The summed E-state index contributed by atoms with van der Waals surface area (Å²) in [4.78, 5) is 36.1. The summed E-state index contributed by atoms with van der Waals surface area (Å²) in [6.45, 7) is 4.54. The number of phosphoric acid groups is 1. The molecule has 1 N–H and O–H groups in total. The van der Waals surface area contributed by atoms with E-state index in [1.807, 2.05) is 21.1 Å². The predicted molar refractivity (Wildman–Crippen MR) is 432 cm³/mol. The Labute approximate surface area is 619 Å². The van der Waals surface area contributed by atoms with Crippen LogP contribution in [0.1, 0.15) is 495 Å². The van der Waals surface area contributed by atoms with E-state index in [1.165, 1.54) is 430 Å². The van der Waals surface area contributed by atoms with Gasteiger partial charge in [-0.05, 0) is 38.5 Å². The van der Waals surface area contributed by atoms with Crippen molar-refractivity contribution in [3.05, 3.63) is 12.2 Å². The lowest BCUT2D eigenvalue weighted by Gasteiger charge is -2.24. The number of phosphoric ester groups is 1. The molecule has 0 rings (SSSR count). The highest BCUT2D eigenvalue weighted by Crippen LogP contribution is 2.43. The van der Waals surface area contributed by atoms with E-state index in [2.05, 4.69) is 26.0 Å². The molecule has 0 radical (unpaired) electrons. The maximum absolute atomic E-state index is 12.9. The lowest BCUT2D eigenvalue weighted by atomic mass is 10.0. The number of hydrogen-bond donors (Lipinski definition) is 1. The Morgan fingerprint density at radius 3 is 0.747 bits per heavy atom. The molecule has 0 aliphatic rings. The predicted octanol–water partition coefficient (Wildman–Crippen LogP) is 30.1. The molecular formula is C89H177NO8P+. The van der Waals surface area contributed by atoms with E-state index in [0.717, 1.165) is 38.5 Å². The molecule has 2 unspecified atom stereocenters. The van der Waals surface area contributed by atoms with Crippen LogP contribution >= 0.6 is 7.82 Å². The third-order valence-corrected chi connectivity index (χ3v) is 22.0. The van der Waals surface area contributed by atoms with E-state index < -0.39 is 26.5 Å². The molecule has 0 heterocycles. The van der Waals surface area contributed by atoms with Gasteiger partial charge in [0.1, 0.15) is 19.8 Å². The number of likely N-dealkylation sites (N-methyl/N-ethyl adjacent to an activating group) is 1. The van der Waals surface area contributed by atoms with Crippen molar-refractivity contribution in [1.29, 1.82) is 0 Å². The minimum atomic E-state index is -4.39. The highest BCUT2D eigenvalue weighted by atomic mass is 31.2. The average molecular weight is 1420 g/mol. The van der Waals surface area contributed by atoms with Crippen molar-refractivity contribution >= 4 is 19.8 Å². The first-order chi connectivity index (χ1) is 48.5. The molecular weight excluding hydrogens is 1240 g/mol. The molecule has 9 nitrogen and oxygen atoms in total. The topological polar surface area (TPSA) is 108 Å². The third-order valence-electron chi connectivity index (χ3n) is 21.0. The fraction of sp³-hybridized carbons (Fsp3) is 0.955. The highest BCUT2D eigenvalue weighted by Gasteiger charge is 2.27. The summed E-state index contributed by atoms with van der Waals surface area (Å²) in [7, 11) is 1.51. The molecule has 0 aromatic carbocycles. The largest absolute Gasteiger partial charge is 0.472 e. The van der Waals surface area contributed by atoms with Crippen molar-refractivity contribution in [2.75, 3.05) is 47.5 Å². The summed E-state index contributed by atoms with van der Waals surface area (Å²) < 4.78 is 34.9. The van der Waals surface area contributed by atoms with Crippen LogP contribution in [0.5, 0.6) is 0 Å². The Morgan fingerprint density at radius 2 is 0.515 bits per heavy atom. The molecule has 0 spiro atoms. The number of rotatable bonds is 86. The van der Waals surface area contributed by atoms with E-state index in [0.29, 0.717) is 17.4 Å². The maximum Gasteiger partial charge on any atom is 0.472 e. The lowest BCUT2D eigenvalue weighted by Crippen LogP contribution is -2.37. The van der Waals surface area contributed by atoms with Crippen LogP contribution in [0.4, 0.5) is 0 Å². The monoisotopic (exact) mass is 1420 g/mol. The number of ether oxygens (including phenoxy) is 2. The molecule has 0 saturated heterocycles. The second-order valence-electron chi connectivity index (χ2n) is 32.4. The van der Waals surface area contributed by atoms with Crippen LogP contribution in [-0.4, -0.2) is 74.9 Å². The van der Waals surface area contributed by atoms with Crippen LogP contribution in [0.25, 0.3) is 0 Å². The number of quaternary nitrogens is 1. The second-order valence-corrected chi connectivity index (χ2v) is 33.8. The summed E-state index contributed by atoms with van der Waals surface area (Å²) in [5.74, 6) is -0.763. The van der Waals surface area contributed by atoms with Crippen molar-refractivity contribution in [2.45, 2.75) is 502 Å². The molecule has 590 valence electrons. The molecule has 0 fully saturated rings. The van der Waals surface area contributed by atoms with Crippen LogP contribution in [0, 0.1) is 0 Å². The molecule has 10 heteroatoms. The van der Waals surface area contributed by atoms with Crippen LogP contribution in [0.3, 0.4) is 0 Å². The Morgan fingerprint density at radius 1 is 0.303 bits per heavy atom. The normalized spacial score (nSPS) is 12.9. The van der Waals surface area contributed by atoms with Crippen LogP contribution in [0.15, 0.2) is 12.2 Å². The van der Waals surface area contributed by atoms with Gasteiger partial charge < -0.3 is 18.9 Å². The van der Waals surface area contributed by atoms with Crippen molar-refractivity contribution in [1.82, 2.24) is 0 Å². The van der Waals surface area contributed by atoms with Gasteiger partial charge in [0.2, 0.25) is 0 Å². The van der Waals surface area contributed by atoms with Gasteiger partial charge in [-0.15, -0.1) is 0 Å². The smallest absolute Gasteiger partial charge is 0.462 e. The molecule has 2 atom stereocenters. The minimum absolute atomic E-state index is 0.0373. The molecule has 0 amide bonds. The number of carbonyl (C=O) groups is 2. The summed E-state index contributed by atoms with van der Waals surface area (Å²) in [6, 6.07) is 0. The standard InChI is InChI=1S/C89H176NO8P/c1-6-8-10-12-14-16-18-20-22-24-26-28-30-32-34-36-38-40-42-44-45-46-48-50-52-54-56-58-60-62-64-66-68-70-72-74-76-78-80-82-89(92)98-87(86-97-99(93,94)96-84-83-90(3,4)5)85-95-88(91)81-79-77-75-73-71-69-67-65-63-61-59-57-55-53-51-49-47-43-41-39-37-35-33-31-29-27-25-23-21-19-17-15-13-11-9-7-2/h24,26,87H,6-23,25,27-86H2,1-5H3/p+1. The number of hydrogen-bond acceptors (Lipinski definition) is 7. The first kappa shape index (κ1) is 97.8. The molecule has 0 aliphatic heterocycles. The van der Waals surface area contributed by atoms with Gasteiger partial charge in [-0.1, -0.05) is 456 Å². The quantitative estimate of drug-likeness (QED) is 0.0211. The van der Waals surface area contributed by atoms with Gasteiger partial charge >= 0.3 is 19.8 Å². The summed E-state index contributed by atoms with van der Waals surface area (Å²) in [6.07, 6.45) is 104. The Hall–Kier alpha value is -1.25. The minimum Gasteiger partial charge on any atom is -0.462 e. The van der Waals surface area contributed by atoms with Crippen molar-refractivity contribution in [3.8, 4) is 0 Å². The second kappa shape index (κ2) is 80.8. The molecule has 0 bridgehead atoms. The third kappa shape index (κ3) is 85.6.